The van der Waals surface area contributed by atoms with E-state index in [4.69, 9.17) is 4.74 Å². The number of piperidine rings is 1. The van der Waals surface area contributed by atoms with E-state index in [0.29, 0.717) is 13.1 Å². The molecule has 0 bridgehead atoms. The number of hydrogen-bond acceptors (Lipinski definition) is 3. The summed E-state index contributed by atoms with van der Waals surface area (Å²) in [4.78, 5) is 25.2. The molecular formula is C14H26N2O4. The maximum absolute atomic E-state index is 12.3. The lowest BCUT2D eigenvalue weighted by Crippen LogP contribution is -2.59. The van der Waals surface area contributed by atoms with E-state index < -0.39 is 23.0 Å². The first-order valence-electron chi connectivity index (χ1n) is 6.93. The molecule has 0 radical (unpaired) electrons. The number of nitrogens with one attached hydrogen (secondary N) is 1. The molecule has 1 unspecified atom stereocenters. The molecule has 0 saturated carbocycles. The lowest BCUT2D eigenvalue weighted by Gasteiger charge is -2.44. The van der Waals surface area contributed by atoms with Gasteiger partial charge in [0.1, 0.15) is 6.04 Å². The van der Waals surface area contributed by atoms with Gasteiger partial charge < -0.3 is 20.1 Å². The zero-order valence-corrected chi connectivity index (χ0v) is 13.0. The Kier molecular flexibility index (Phi) is 5.02. The molecule has 0 aliphatic carbocycles. The zero-order valence-electron chi connectivity index (χ0n) is 13.0. The minimum Gasteiger partial charge on any atom is -0.480 e. The number of likely N-dealkylation sites (tertiary alicyclic amines) is 1. The summed E-state index contributed by atoms with van der Waals surface area (Å²) in [5, 5.41) is 12.2. The number of rotatable bonds is 4. The zero-order chi connectivity index (χ0) is 15.6. The number of carboxylic acids is 1. The van der Waals surface area contributed by atoms with Crippen molar-refractivity contribution in [3.63, 3.8) is 0 Å². The quantitative estimate of drug-likeness (QED) is 0.824. The third-order valence-electron chi connectivity index (χ3n) is 3.98. The van der Waals surface area contributed by atoms with Crippen LogP contribution in [0.3, 0.4) is 0 Å². The number of carbonyl (C=O) groups excluding carboxylic acids is 1. The fourth-order valence-corrected chi connectivity index (χ4v) is 2.54. The molecule has 0 aromatic heterocycles. The second-order valence-electron chi connectivity index (χ2n) is 6.65. The highest BCUT2D eigenvalue weighted by molar-refractivity contribution is 5.83. The molecule has 0 spiro atoms. The largest absolute Gasteiger partial charge is 0.480 e. The molecule has 2 amide bonds. The van der Waals surface area contributed by atoms with Crippen LogP contribution in [0.25, 0.3) is 0 Å². The minimum atomic E-state index is -0.948. The maximum atomic E-state index is 12.3. The highest BCUT2D eigenvalue weighted by atomic mass is 16.5. The van der Waals surface area contributed by atoms with Crippen molar-refractivity contribution < 1.29 is 19.4 Å². The topological polar surface area (TPSA) is 78.9 Å². The molecule has 1 saturated heterocycles. The van der Waals surface area contributed by atoms with Gasteiger partial charge in [-0.3, -0.25) is 0 Å². The lowest BCUT2D eigenvalue weighted by molar-refractivity contribution is -0.148. The first-order valence-corrected chi connectivity index (χ1v) is 6.93. The standard InChI is InChI=1S/C14H26N2O4/c1-13(2)7-6-8-16(10(13)11(17)18)12(19)15-9-14(3,4)20-5/h10H,6-9H2,1-5H3,(H,15,19)(H,17,18). The van der Waals surface area contributed by atoms with Crippen LogP contribution in [0.5, 0.6) is 0 Å². The average Bonchev–Trinajstić information content (AvgIpc) is 2.34. The molecule has 0 aromatic carbocycles. The Labute approximate surface area is 120 Å². The van der Waals surface area contributed by atoms with Crippen molar-refractivity contribution in [1.82, 2.24) is 10.2 Å². The van der Waals surface area contributed by atoms with E-state index in [1.807, 2.05) is 27.7 Å². The third kappa shape index (κ3) is 3.85. The Balaban J connectivity index is 2.77. The van der Waals surface area contributed by atoms with E-state index in [-0.39, 0.29) is 6.03 Å². The van der Waals surface area contributed by atoms with Crippen molar-refractivity contribution in [2.45, 2.75) is 52.2 Å². The first kappa shape index (κ1) is 16.8. The van der Waals surface area contributed by atoms with Crippen molar-refractivity contribution in [2.24, 2.45) is 5.41 Å². The van der Waals surface area contributed by atoms with E-state index in [0.717, 1.165) is 12.8 Å². The Bertz CT molecular complexity index is 379. The second-order valence-corrected chi connectivity index (χ2v) is 6.65. The van der Waals surface area contributed by atoms with Crippen LogP contribution in [0.15, 0.2) is 0 Å². The number of urea groups is 1. The summed E-state index contributed by atoms with van der Waals surface area (Å²) < 4.78 is 5.24. The van der Waals surface area contributed by atoms with Crippen LogP contribution in [0, 0.1) is 5.41 Å². The molecule has 1 heterocycles. The smallest absolute Gasteiger partial charge is 0.327 e. The predicted molar refractivity (Wildman–Crippen MR) is 75.6 cm³/mol. The van der Waals surface area contributed by atoms with E-state index in [2.05, 4.69) is 5.32 Å². The first-order chi connectivity index (χ1) is 9.10. The number of nitrogens with zero attached hydrogens (tertiary/aromatic N) is 1. The predicted octanol–water partition coefficient (Wildman–Crippen LogP) is 1.70. The van der Waals surface area contributed by atoms with Gasteiger partial charge in [0.15, 0.2) is 0 Å². The van der Waals surface area contributed by atoms with E-state index in [1.165, 1.54) is 4.90 Å². The Morgan fingerprint density at radius 1 is 1.45 bits per heavy atom. The summed E-state index contributed by atoms with van der Waals surface area (Å²) in [5.41, 5.74) is -0.891. The number of methoxy groups -OCH3 is 1. The average molecular weight is 286 g/mol. The van der Waals surface area contributed by atoms with Gasteiger partial charge in [0.05, 0.1) is 5.60 Å². The van der Waals surface area contributed by atoms with Crippen LogP contribution in [0.2, 0.25) is 0 Å². The van der Waals surface area contributed by atoms with Crippen molar-refractivity contribution in [1.29, 1.82) is 0 Å². The van der Waals surface area contributed by atoms with E-state index >= 15 is 0 Å². The summed E-state index contributed by atoms with van der Waals surface area (Å²) in [6.45, 7) is 8.32. The van der Waals surface area contributed by atoms with Crippen molar-refractivity contribution in [3.8, 4) is 0 Å². The Morgan fingerprint density at radius 3 is 2.55 bits per heavy atom. The molecule has 20 heavy (non-hydrogen) atoms. The van der Waals surface area contributed by atoms with Crippen molar-refractivity contribution >= 4 is 12.0 Å². The normalized spacial score (nSPS) is 22.4. The molecule has 1 aliphatic rings. The highest BCUT2D eigenvalue weighted by Gasteiger charge is 2.44. The maximum Gasteiger partial charge on any atom is 0.327 e. The van der Waals surface area contributed by atoms with Crippen LogP contribution < -0.4 is 5.32 Å². The molecule has 6 nitrogen and oxygen atoms in total. The minimum absolute atomic E-state index is 0.338. The molecular weight excluding hydrogens is 260 g/mol. The van der Waals surface area contributed by atoms with Gasteiger partial charge in [-0.2, -0.15) is 0 Å². The number of carboxylic acid groups (broad SMARTS) is 1. The van der Waals surface area contributed by atoms with Crippen LogP contribution in [-0.4, -0.2) is 53.8 Å². The van der Waals surface area contributed by atoms with Gasteiger partial charge in [0, 0.05) is 20.2 Å². The number of hydrogen-bond donors (Lipinski definition) is 2. The van der Waals surface area contributed by atoms with Gasteiger partial charge in [0.2, 0.25) is 0 Å². The highest BCUT2D eigenvalue weighted by Crippen LogP contribution is 2.35. The van der Waals surface area contributed by atoms with E-state index in [9.17, 15) is 14.7 Å². The molecule has 1 rings (SSSR count). The molecule has 116 valence electrons. The van der Waals surface area contributed by atoms with Crippen LogP contribution in [0.4, 0.5) is 4.79 Å². The van der Waals surface area contributed by atoms with Gasteiger partial charge in [-0.1, -0.05) is 13.8 Å². The second kappa shape index (κ2) is 5.99. The van der Waals surface area contributed by atoms with Crippen molar-refractivity contribution in [2.75, 3.05) is 20.2 Å². The third-order valence-corrected chi connectivity index (χ3v) is 3.98. The van der Waals surface area contributed by atoms with Gasteiger partial charge in [0.25, 0.3) is 0 Å². The number of amides is 2. The van der Waals surface area contributed by atoms with Gasteiger partial charge >= 0.3 is 12.0 Å². The molecule has 1 aliphatic heterocycles. The van der Waals surface area contributed by atoms with E-state index in [1.54, 1.807) is 7.11 Å². The number of ether oxygens (including phenoxy) is 1. The van der Waals surface area contributed by atoms with Gasteiger partial charge in [-0.25, -0.2) is 9.59 Å². The van der Waals surface area contributed by atoms with Gasteiger partial charge in [-0.05, 0) is 32.1 Å². The molecule has 1 fully saturated rings. The van der Waals surface area contributed by atoms with Crippen molar-refractivity contribution in [3.05, 3.63) is 0 Å². The summed E-state index contributed by atoms with van der Waals surface area (Å²) in [7, 11) is 1.58. The SMILES string of the molecule is COC(C)(C)CNC(=O)N1CCCC(C)(C)C1C(=O)O. The summed E-state index contributed by atoms with van der Waals surface area (Å²) in [6.07, 6.45) is 1.62. The Hall–Kier alpha value is -1.30. The number of aliphatic carboxylic acids is 1. The molecule has 6 heteroatoms. The van der Waals surface area contributed by atoms with Gasteiger partial charge in [-0.15, -0.1) is 0 Å². The summed E-state index contributed by atoms with van der Waals surface area (Å²) >= 11 is 0. The van der Waals surface area contributed by atoms with Crippen LogP contribution in [0.1, 0.15) is 40.5 Å². The lowest BCUT2D eigenvalue weighted by atomic mass is 9.76. The summed E-state index contributed by atoms with van der Waals surface area (Å²) in [6, 6.07) is -1.13. The molecule has 0 aromatic rings. The summed E-state index contributed by atoms with van der Waals surface area (Å²) in [5.74, 6) is -0.948. The molecule has 2 N–H and O–H groups in total. The number of carbonyl (C=O) groups is 2. The monoisotopic (exact) mass is 286 g/mol. The fourth-order valence-electron chi connectivity index (χ4n) is 2.54. The van der Waals surface area contributed by atoms with Crippen LogP contribution in [-0.2, 0) is 9.53 Å². The fraction of sp³-hybridized carbons (Fsp3) is 0.857. The molecule has 1 atom stereocenters. The Morgan fingerprint density at radius 2 is 2.05 bits per heavy atom. The van der Waals surface area contributed by atoms with Crippen LogP contribution >= 0.6 is 0 Å².